The van der Waals surface area contributed by atoms with Gasteiger partial charge in [-0.3, -0.25) is 4.98 Å². The summed E-state index contributed by atoms with van der Waals surface area (Å²) >= 11 is 0. The number of aromatic nitrogens is 1. The summed E-state index contributed by atoms with van der Waals surface area (Å²) in [5.74, 6) is 0.119. The molecule has 114 valence electrons. The average Bonchev–Trinajstić information content (AvgIpc) is 2.43. The summed E-state index contributed by atoms with van der Waals surface area (Å²) in [5, 5.41) is 3.31. The van der Waals surface area contributed by atoms with E-state index in [0.29, 0.717) is 12.0 Å². The van der Waals surface area contributed by atoms with Crippen LogP contribution in [0.3, 0.4) is 0 Å². The van der Waals surface area contributed by atoms with E-state index in [1.165, 1.54) is 25.1 Å². The molecule has 0 radical (unpaired) electrons. The molecule has 1 N–H and O–H groups in total. The molecule has 0 aliphatic carbocycles. The van der Waals surface area contributed by atoms with Crippen LogP contribution in [0.1, 0.15) is 45.3 Å². The van der Waals surface area contributed by atoms with Gasteiger partial charge < -0.3 is 10.2 Å². The molecule has 2 unspecified atom stereocenters. The fourth-order valence-electron chi connectivity index (χ4n) is 2.92. The molecule has 0 saturated heterocycles. The largest absolute Gasteiger partial charge is 0.311 e. The van der Waals surface area contributed by atoms with Crippen molar-refractivity contribution >= 4 is 0 Å². The summed E-state index contributed by atoms with van der Waals surface area (Å²) in [7, 11) is 4.11. The lowest BCUT2D eigenvalue weighted by molar-refractivity contribution is 0.183. The molecule has 3 nitrogen and oxygen atoms in total. The van der Waals surface area contributed by atoms with Crippen LogP contribution < -0.4 is 5.32 Å². The SMILES string of the molecule is CCC(CC)N(C)CC(C)C(NC)c1ccc(F)cn1. The first kappa shape index (κ1) is 17.1. The van der Waals surface area contributed by atoms with Gasteiger partial charge in [-0.15, -0.1) is 0 Å². The van der Waals surface area contributed by atoms with Gasteiger partial charge in [0, 0.05) is 12.6 Å². The molecule has 1 heterocycles. The molecule has 0 amide bonds. The molecule has 0 aliphatic heterocycles. The number of hydrogen-bond acceptors (Lipinski definition) is 3. The Morgan fingerprint density at radius 1 is 1.30 bits per heavy atom. The molecule has 0 aromatic carbocycles. The van der Waals surface area contributed by atoms with Crippen molar-refractivity contribution in [2.24, 2.45) is 5.92 Å². The summed E-state index contributed by atoms with van der Waals surface area (Å²) in [5.41, 5.74) is 0.902. The molecule has 4 heteroatoms. The van der Waals surface area contributed by atoms with Gasteiger partial charge in [-0.05, 0) is 45.0 Å². The van der Waals surface area contributed by atoms with Gasteiger partial charge in [-0.25, -0.2) is 4.39 Å². The summed E-state index contributed by atoms with van der Waals surface area (Å²) in [6.45, 7) is 7.67. The van der Waals surface area contributed by atoms with Crippen molar-refractivity contribution in [1.82, 2.24) is 15.2 Å². The maximum absolute atomic E-state index is 13.0. The Balaban J connectivity index is 2.72. The van der Waals surface area contributed by atoms with E-state index in [0.717, 1.165) is 12.2 Å². The minimum atomic E-state index is -0.287. The van der Waals surface area contributed by atoms with Crippen LogP contribution in [0.5, 0.6) is 0 Å². The van der Waals surface area contributed by atoms with E-state index in [4.69, 9.17) is 0 Å². The van der Waals surface area contributed by atoms with Crippen molar-refractivity contribution in [3.05, 3.63) is 29.8 Å². The Hall–Kier alpha value is -1.00. The van der Waals surface area contributed by atoms with Crippen LogP contribution in [0.25, 0.3) is 0 Å². The van der Waals surface area contributed by atoms with Gasteiger partial charge in [0.05, 0.1) is 17.9 Å². The summed E-state index contributed by atoms with van der Waals surface area (Å²) in [4.78, 5) is 6.62. The Morgan fingerprint density at radius 3 is 2.40 bits per heavy atom. The van der Waals surface area contributed by atoms with Crippen LogP contribution in [0.2, 0.25) is 0 Å². The molecule has 0 aliphatic rings. The van der Waals surface area contributed by atoms with Crippen molar-refractivity contribution in [3.63, 3.8) is 0 Å². The molecule has 0 spiro atoms. The molecule has 0 bridgehead atoms. The van der Waals surface area contributed by atoms with E-state index < -0.39 is 0 Å². The van der Waals surface area contributed by atoms with Crippen LogP contribution in [0.4, 0.5) is 4.39 Å². The number of nitrogens with zero attached hydrogens (tertiary/aromatic N) is 2. The van der Waals surface area contributed by atoms with E-state index in [-0.39, 0.29) is 11.9 Å². The molecule has 1 aromatic heterocycles. The molecular weight excluding hydrogens is 253 g/mol. The molecule has 20 heavy (non-hydrogen) atoms. The van der Waals surface area contributed by atoms with E-state index >= 15 is 0 Å². The van der Waals surface area contributed by atoms with Crippen molar-refractivity contribution < 1.29 is 4.39 Å². The highest BCUT2D eigenvalue weighted by Gasteiger charge is 2.22. The topological polar surface area (TPSA) is 28.2 Å². The third kappa shape index (κ3) is 4.53. The zero-order valence-corrected chi connectivity index (χ0v) is 13.4. The third-order valence-corrected chi connectivity index (χ3v) is 4.09. The van der Waals surface area contributed by atoms with Gasteiger partial charge in [-0.1, -0.05) is 20.8 Å². The zero-order chi connectivity index (χ0) is 15.1. The first-order chi connectivity index (χ1) is 9.53. The number of nitrogens with one attached hydrogen (secondary N) is 1. The van der Waals surface area contributed by atoms with Crippen LogP contribution >= 0.6 is 0 Å². The number of pyridine rings is 1. The average molecular weight is 281 g/mol. The van der Waals surface area contributed by atoms with Crippen molar-refractivity contribution in [2.45, 2.75) is 45.7 Å². The molecule has 0 saturated carbocycles. The summed E-state index contributed by atoms with van der Waals surface area (Å²) in [6, 6.07) is 4.01. The standard InChI is InChI=1S/C16H28FN3/c1-6-14(7-2)20(5)11-12(3)16(18-4)15-9-8-13(17)10-19-15/h8-10,12,14,16,18H,6-7,11H2,1-5H3. The Morgan fingerprint density at radius 2 is 1.95 bits per heavy atom. The van der Waals surface area contributed by atoms with Gasteiger partial charge in [0.2, 0.25) is 0 Å². The first-order valence-corrected chi connectivity index (χ1v) is 7.52. The van der Waals surface area contributed by atoms with E-state index in [1.807, 2.05) is 7.05 Å². The number of halogens is 1. The lowest BCUT2D eigenvalue weighted by Gasteiger charge is -2.32. The predicted molar refractivity (Wildman–Crippen MR) is 82.2 cm³/mol. The highest BCUT2D eigenvalue weighted by atomic mass is 19.1. The zero-order valence-electron chi connectivity index (χ0n) is 13.4. The Bertz CT molecular complexity index is 376. The smallest absolute Gasteiger partial charge is 0.141 e. The Labute approximate surface area is 122 Å². The lowest BCUT2D eigenvalue weighted by Crippen LogP contribution is -2.38. The summed E-state index contributed by atoms with van der Waals surface area (Å²) < 4.78 is 13.0. The summed E-state index contributed by atoms with van der Waals surface area (Å²) in [6.07, 6.45) is 3.62. The molecule has 0 fully saturated rings. The van der Waals surface area contributed by atoms with Gasteiger partial charge in [0.15, 0.2) is 0 Å². The normalized spacial score (nSPS) is 14.8. The molecular formula is C16H28FN3. The maximum Gasteiger partial charge on any atom is 0.141 e. The van der Waals surface area contributed by atoms with Crippen LogP contribution in [-0.4, -0.2) is 36.6 Å². The van der Waals surface area contributed by atoms with Gasteiger partial charge >= 0.3 is 0 Å². The monoisotopic (exact) mass is 281 g/mol. The van der Waals surface area contributed by atoms with Gasteiger partial charge in [0.1, 0.15) is 5.82 Å². The second-order valence-electron chi connectivity index (χ2n) is 5.55. The Kier molecular flexibility index (Phi) is 7.10. The molecule has 1 aromatic rings. The minimum absolute atomic E-state index is 0.146. The van der Waals surface area contributed by atoms with Crippen molar-refractivity contribution in [2.75, 3.05) is 20.6 Å². The van der Waals surface area contributed by atoms with Crippen LogP contribution in [0.15, 0.2) is 18.3 Å². The highest BCUT2D eigenvalue weighted by molar-refractivity contribution is 5.10. The third-order valence-electron chi connectivity index (χ3n) is 4.09. The first-order valence-electron chi connectivity index (χ1n) is 7.52. The lowest BCUT2D eigenvalue weighted by atomic mass is 9.97. The molecule has 2 atom stereocenters. The fraction of sp³-hybridized carbons (Fsp3) is 0.688. The van der Waals surface area contributed by atoms with E-state index in [1.54, 1.807) is 6.07 Å². The fourth-order valence-corrected chi connectivity index (χ4v) is 2.92. The van der Waals surface area contributed by atoms with Crippen molar-refractivity contribution in [3.8, 4) is 0 Å². The number of hydrogen-bond donors (Lipinski definition) is 1. The maximum atomic E-state index is 13.0. The highest BCUT2D eigenvalue weighted by Crippen LogP contribution is 2.22. The minimum Gasteiger partial charge on any atom is -0.311 e. The second-order valence-corrected chi connectivity index (χ2v) is 5.55. The number of rotatable bonds is 8. The predicted octanol–water partition coefficient (Wildman–Crippen LogP) is 3.24. The van der Waals surface area contributed by atoms with Crippen LogP contribution in [0, 0.1) is 11.7 Å². The van der Waals surface area contributed by atoms with E-state index in [2.05, 4.69) is 43.0 Å². The van der Waals surface area contributed by atoms with Crippen LogP contribution in [-0.2, 0) is 0 Å². The van der Waals surface area contributed by atoms with Crippen molar-refractivity contribution in [1.29, 1.82) is 0 Å². The quantitative estimate of drug-likeness (QED) is 0.793. The van der Waals surface area contributed by atoms with E-state index in [9.17, 15) is 4.39 Å². The second kappa shape index (κ2) is 8.32. The molecule has 1 rings (SSSR count). The van der Waals surface area contributed by atoms with Gasteiger partial charge in [0.25, 0.3) is 0 Å². The van der Waals surface area contributed by atoms with Gasteiger partial charge in [-0.2, -0.15) is 0 Å².